The first kappa shape index (κ1) is 19.8. The number of hydrogen-bond donors (Lipinski definition) is 2. The van der Waals surface area contributed by atoms with Crippen LogP contribution in [0, 0.1) is 0 Å². The molecule has 0 aromatic heterocycles. The number of esters is 1. The van der Waals surface area contributed by atoms with E-state index in [4.69, 9.17) is 4.74 Å². The molecule has 28 heavy (non-hydrogen) atoms. The Labute approximate surface area is 162 Å². The minimum atomic E-state index is -0.980. The highest BCUT2D eigenvalue weighted by atomic mass is 16.6. The van der Waals surface area contributed by atoms with Gasteiger partial charge in [-0.3, -0.25) is 19.3 Å². The summed E-state index contributed by atoms with van der Waals surface area (Å²) in [5, 5.41) is 11.9. The van der Waals surface area contributed by atoms with Crippen molar-refractivity contribution in [2.75, 3.05) is 0 Å². The van der Waals surface area contributed by atoms with Crippen LogP contribution in [0.25, 0.3) is 6.08 Å². The average molecular weight is 386 g/mol. The van der Waals surface area contributed by atoms with E-state index in [0.717, 1.165) is 4.90 Å². The van der Waals surface area contributed by atoms with E-state index in [-0.39, 0.29) is 24.0 Å². The van der Waals surface area contributed by atoms with Gasteiger partial charge in [0.2, 0.25) is 5.91 Å². The van der Waals surface area contributed by atoms with Crippen molar-refractivity contribution in [3.05, 3.63) is 41.0 Å². The van der Waals surface area contributed by atoms with Crippen molar-refractivity contribution >= 4 is 29.8 Å². The first-order valence-corrected chi connectivity index (χ1v) is 8.99. The van der Waals surface area contributed by atoms with Crippen LogP contribution in [0.2, 0.25) is 0 Å². The Bertz CT molecular complexity index is 883. The van der Waals surface area contributed by atoms with Crippen LogP contribution < -0.4 is 5.32 Å². The molecular weight excluding hydrogens is 364 g/mol. The van der Waals surface area contributed by atoms with Gasteiger partial charge in [-0.25, -0.2) is 4.79 Å². The van der Waals surface area contributed by atoms with Crippen molar-refractivity contribution < 1.29 is 29.0 Å². The van der Waals surface area contributed by atoms with Gasteiger partial charge in [-0.15, -0.1) is 0 Å². The molecule has 1 fully saturated rings. The molecule has 2 unspecified atom stereocenters. The molecule has 0 spiro atoms. The van der Waals surface area contributed by atoms with Crippen LogP contribution in [0.15, 0.2) is 24.3 Å². The van der Waals surface area contributed by atoms with Gasteiger partial charge in [-0.1, -0.05) is 12.1 Å². The third-order valence-corrected chi connectivity index (χ3v) is 4.42. The SMILES string of the molecule is CC(C)(C)OC(=O)/C=C/c1cccc2c1C(=O)N(C1CCC(O)NC1=O)C2=O. The number of aliphatic hydroxyl groups excluding tert-OH is 1. The number of hydrogen-bond acceptors (Lipinski definition) is 6. The van der Waals surface area contributed by atoms with Crippen molar-refractivity contribution in [1.82, 2.24) is 10.2 Å². The summed E-state index contributed by atoms with van der Waals surface area (Å²) < 4.78 is 5.20. The summed E-state index contributed by atoms with van der Waals surface area (Å²) in [6.45, 7) is 5.22. The zero-order valence-electron chi connectivity index (χ0n) is 15.9. The Morgan fingerprint density at radius 2 is 1.93 bits per heavy atom. The van der Waals surface area contributed by atoms with Gasteiger partial charge in [0.05, 0.1) is 11.1 Å². The number of nitrogens with zero attached hydrogens (tertiary/aromatic N) is 1. The standard InChI is InChI=1S/C20H22N2O6/c1-20(2,3)28-15(24)10-7-11-5-4-6-12-16(11)19(27)22(18(12)26)13-8-9-14(23)21-17(13)25/h4-7,10,13-14,23H,8-9H2,1-3H3,(H,21,25)/b10-7+. The molecule has 2 heterocycles. The molecule has 148 valence electrons. The molecule has 1 aromatic rings. The maximum Gasteiger partial charge on any atom is 0.331 e. The lowest BCUT2D eigenvalue weighted by atomic mass is 10.0. The van der Waals surface area contributed by atoms with Gasteiger partial charge in [-0.2, -0.15) is 0 Å². The minimum absolute atomic E-state index is 0.145. The number of fused-ring (bicyclic) bond motifs is 1. The van der Waals surface area contributed by atoms with Crippen LogP contribution in [0.5, 0.6) is 0 Å². The first-order chi connectivity index (χ1) is 13.1. The van der Waals surface area contributed by atoms with Gasteiger partial charge in [0.25, 0.3) is 11.8 Å². The number of piperidine rings is 1. The van der Waals surface area contributed by atoms with E-state index in [1.807, 2.05) is 0 Å². The van der Waals surface area contributed by atoms with Crippen LogP contribution in [0.4, 0.5) is 0 Å². The van der Waals surface area contributed by atoms with E-state index in [1.54, 1.807) is 32.9 Å². The highest BCUT2D eigenvalue weighted by Gasteiger charge is 2.45. The second kappa shape index (κ2) is 7.20. The van der Waals surface area contributed by atoms with Crippen molar-refractivity contribution in [2.45, 2.75) is 51.5 Å². The second-order valence-electron chi connectivity index (χ2n) is 7.73. The third-order valence-electron chi connectivity index (χ3n) is 4.42. The number of carbonyl (C=O) groups is 4. The molecule has 1 saturated heterocycles. The fourth-order valence-corrected chi connectivity index (χ4v) is 3.27. The normalized spacial score (nSPS) is 22.4. The number of aliphatic hydroxyl groups is 1. The zero-order valence-corrected chi connectivity index (χ0v) is 15.9. The molecular formula is C20H22N2O6. The number of nitrogens with one attached hydrogen (secondary N) is 1. The topological polar surface area (TPSA) is 113 Å². The summed E-state index contributed by atoms with van der Waals surface area (Å²) in [7, 11) is 0. The van der Waals surface area contributed by atoms with E-state index in [2.05, 4.69) is 5.32 Å². The van der Waals surface area contributed by atoms with Crippen molar-refractivity contribution in [3.8, 4) is 0 Å². The Morgan fingerprint density at radius 3 is 2.57 bits per heavy atom. The van der Waals surface area contributed by atoms with Gasteiger partial charge in [0.15, 0.2) is 0 Å². The molecule has 1 aromatic carbocycles. The van der Waals surface area contributed by atoms with Crippen LogP contribution in [0.3, 0.4) is 0 Å². The van der Waals surface area contributed by atoms with Crippen LogP contribution in [0.1, 0.15) is 59.9 Å². The Balaban J connectivity index is 1.88. The summed E-state index contributed by atoms with van der Waals surface area (Å²) in [5.41, 5.74) is 0.0589. The van der Waals surface area contributed by atoms with E-state index >= 15 is 0 Å². The van der Waals surface area contributed by atoms with E-state index < -0.39 is 41.6 Å². The Morgan fingerprint density at radius 1 is 1.21 bits per heavy atom. The van der Waals surface area contributed by atoms with E-state index in [1.165, 1.54) is 18.2 Å². The number of benzene rings is 1. The van der Waals surface area contributed by atoms with Gasteiger partial charge in [0.1, 0.15) is 17.9 Å². The van der Waals surface area contributed by atoms with Crippen molar-refractivity contribution in [3.63, 3.8) is 0 Å². The monoisotopic (exact) mass is 386 g/mol. The number of carbonyl (C=O) groups excluding carboxylic acids is 4. The van der Waals surface area contributed by atoms with E-state index in [9.17, 15) is 24.3 Å². The lowest BCUT2D eigenvalue weighted by molar-refractivity contribution is -0.148. The molecule has 0 aliphatic carbocycles. The van der Waals surface area contributed by atoms with Crippen molar-refractivity contribution in [2.24, 2.45) is 0 Å². The molecule has 2 aliphatic heterocycles. The highest BCUT2D eigenvalue weighted by molar-refractivity contribution is 6.24. The van der Waals surface area contributed by atoms with Gasteiger partial charge in [0, 0.05) is 6.08 Å². The molecule has 0 bridgehead atoms. The molecule has 0 radical (unpaired) electrons. The van der Waals surface area contributed by atoms with Gasteiger partial charge < -0.3 is 15.2 Å². The lowest BCUT2D eigenvalue weighted by Gasteiger charge is -2.31. The predicted octanol–water partition coefficient (Wildman–Crippen LogP) is 1.23. The molecule has 2 N–H and O–H groups in total. The molecule has 8 nitrogen and oxygen atoms in total. The third kappa shape index (κ3) is 3.82. The molecule has 0 saturated carbocycles. The molecule has 3 amide bonds. The molecule has 8 heteroatoms. The largest absolute Gasteiger partial charge is 0.457 e. The van der Waals surface area contributed by atoms with Crippen molar-refractivity contribution in [1.29, 1.82) is 0 Å². The number of ether oxygens (including phenoxy) is 1. The van der Waals surface area contributed by atoms with Gasteiger partial charge in [-0.05, 0) is 51.3 Å². The number of imide groups is 1. The second-order valence-corrected chi connectivity index (χ2v) is 7.73. The quantitative estimate of drug-likeness (QED) is 0.459. The van der Waals surface area contributed by atoms with Crippen LogP contribution >= 0.6 is 0 Å². The first-order valence-electron chi connectivity index (χ1n) is 8.99. The summed E-state index contributed by atoms with van der Waals surface area (Å²) in [6, 6.07) is 3.75. The maximum atomic E-state index is 12.9. The van der Waals surface area contributed by atoms with Crippen LogP contribution in [-0.4, -0.2) is 51.6 Å². The molecule has 2 aliphatic rings. The summed E-state index contributed by atoms with van der Waals surface area (Å²) in [5.74, 6) is -2.30. The predicted molar refractivity (Wildman–Crippen MR) is 99.0 cm³/mol. The van der Waals surface area contributed by atoms with Gasteiger partial charge >= 0.3 is 5.97 Å². The van der Waals surface area contributed by atoms with E-state index in [0.29, 0.717) is 5.56 Å². The molecule has 2 atom stereocenters. The Kier molecular flexibility index (Phi) is 5.08. The van der Waals surface area contributed by atoms with Crippen LogP contribution in [-0.2, 0) is 14.3 Å². The molecule has 3 rings (SSSR count). The number of amides is 3. The summed E-state index contributed by atoms with van der Waals surface area (Å²) in [6.07, 6.45) is 2.07. The maximum absolute atomic E-state index is 12.9. The zero-order chi connectivity index (χ0) is 20.6. The minimum Gasteiger partial charge on any atom is -0.457 e. The highest BCUT2D eigenvalue weighted by Crippen LogP contribution is 2.30. The summed E-state index contributed by atoms with van der Waals surface area (Å²) in [4.78, 5) is 50.7. The fourth-order valence-electron chi connectivity index (χ4n) is 3.27. The lowest BCUT2D eigenvalue weighted by Crippen LogP contribution is -2.55. The average Bonchev–Trinajstić information content (AvgIpc) is 2.84. The fraction of sp³-hybridized carbons (Fsp3) is 0.400. The number of rotatable bonds is 3. The summed E-state index contributed by atoms with van der Waals surface area (Å²) >= 11 is 0. The Hall–Kier alpha value is -3.00. The smallest absolute Gasteiger partial charge is 0.331 e.